The topological polar surface area (TPSA) is 92.6 Å². The fraction of sp³-hybridized carbons (Fsp3) is 0.375. The summed E-state index contributed by atoms with van der Waals surface area (Å²) in [6.07, 6.45) is -2.48. The van der Waals surface area contributed by atoms with Crippen molar-refractivity contribution >= 4 is 16.8 Å². The Kier molecular flexibility index (Phi) is 6.72. The number of nitrogen functional groups attached to an aromatic ring is 1. The second-order valence-electron chi connectivity index (χ2n) is 8.49. The summed E-state index contributed by atoms with van der Waals surface area (Å²) < 4.78 is 51.4. The van der Waals surface area contributed by atoms with E-state index in [1.54, 1.807) is 31.4 Å². The molecule has 0 bridgehead atoms. The Hall–Kier alpha value is -3.24. The number of methoxy groups -OCH3 is 1. The average Bonchev–Trinajstić information content (AvgIpc) is 3.31. The molecule has 0 aliphatic carbocycles. The van der Waals surface area contributed by atoms with Crippen molar-refractivity contribution in [1.29, 1.82) is 0 Å². The lowest BCUT2D eigenvalue weighted by Gasteiger charge is -2.39. The van der Waals surface area contributed by atoms with E-state index in [1.807, 2.05) is 25.3 Å². The smallest absolute Gasteiger partial charge is 0.401 e. The minimum absolute atomic E-state index is 0.164. The first kappa shape index (κ1) is 23.9. The highest BCUT2D eigenvalue weighted by molar-refractivity contribution is 5.93. The number of carbonyl (C=O) groups is 1. The molecule has 7 nitrogen and oxygen atoms in total. The Bertz CT molecular complexity index is 1160. The van der Waals surface area contributed by atoms with Gasteiger partial charge in [-0.05, 0) is 48.7 Å². The molecule has 2 atom stereocenters. The number of aromatic amines is 1. The molecule has 0 radical (unpaired) electrons. The molecule has 182 valence electrons. The average molecular weight is 476 g/mol. The number of halogens is 3. The van der Waals surface area contributed by atoms with Crippen molar-refractivity contribution in [2.45, 2.75) is 31.5 Å². The molecule has 1 fully saturated rings. The summed E-state index contributed by atoms with van der Waals surface area (Å²) in [4.78, 5) is 16.4. The maximum atomic E-state index is 13.1. The molecule has 4 rings (SSSR count). The van der Waals surface area contributed by atoms with Gasteiger partial charge in [0.2, 0.25) is 0 Å². The zero-order valence-corrected chi connectivity index (χ0v) is 18.9. The highest BCUT2D eigenvalue weighted by Crippen LogP contribution is 2.41. The zero-order valence-electron chi connectivity index (χ0n) is 18.9. The van der Waals surface area contributed by atoms with Gasteiger partial charge in [-0.2, -0.15) is 13.2 Å². The maximum Gasteiger partial charge on any atom is 0.401 e. The number of likely N-dealkylation sites (tertiary alicyclic amines) is 1. The SMILES string of the molecule is COc1cc(C)c2[nH]ccc2c1O[C@@H]1CCN(CC(F)(F)F)C[C@H]1c1ccc(C(=O)NN)cc1. The van der Waals surface area contributed by atoms with Gasteiger partial charge in [0.1, 0.15) is 6.10 Å². The number of aryl methyl sites for hydroxylation is 1. The molecule has 1 aromatic heterocycles. The van der Waals surface area contributed by atoms with Gasteiger partial charge in [0.05, 0.1) is 19.2 Å². The summed E-state index contributed by atoms with van der Waals surface area (Å²) in [5.74, 6) is 5.52. The molecular formula is C24H27F3N4O3. The number of ether oxygens (including phenoxy) is 2. The molecule has 2 heterocycles. The van der Waals surface area contributed by atoms with E-state index in [4.69, 9.17) is 15.3 Å². The third-order valence-corrected chi connectivity index (χ3v) is 6.22. The van der Waals surface area contributed by atoms with Gasteiger partial charge in [-0.1, -0.05) is 12.1 Å². The Morgan fingerprint density at radius 3 is 2.65 bits per heavy atom. The van der Waals surface area contributed by atoms with Crippen LogP contribution >= 0.6 is 0 Å². The molecule has 2 aromatic carbocycles. The van der Waals surface area contributed by atoms with Gasteiger partial charge >= 0.3 is 6.18 Å². The number of aromatic nitrogens is 1. The lowest BCUT2D eigenvalue weighted by atomic mass is 9.87. The van der Waals surface area contributed by atoms with Crippen LogP contribution in [-0.2, 0) is 0 Å². The van der Waals surface area contributed by atoms with Crippen LogP contribution in [0, 0.1) is 6.92 Å². The van der Waals surface area contributed by atoms with Gasteiger partial charge in [-0.15, -0.1) is 0 Å². The number of rotatable bonds is 6. The summed E-state index contributed by atoms with van der Waals surface area (Å²) in [7, 11) is 1.56. The number of H-pyrrole nitrogens is 1. The van der Waals surface area contributed by atoms with Crippen LogP contribution in [0.3, 0.4) is 0 Å². The number of carbonyl (C=O) groups excluding carboxylic acids is 1. The molecule has 0 saturated carbocycles. The van der Waals surface area contributed by atoms with Gasteiger partial charge < -0.3 is 14.5 Å². The molecule has 1 saturated heterocycles. The molecular weight excluding hydrogens is 449 g/mol. The van der Waals surface area contributed by atoms with Crippen LogP contribution in [-0.4, -0.2) is 54.8 Å². The molecule has 34 heavy (non-hydrogen) atoms. The number of piperidine rings is 1. The summed E-state index contributed by atoms with van der Waals surface area (Å²) in [5, 5.41) is 0.850. The Balaban J connectivity index is 1.68. The number of hydrogen-bond acceptors (Lipinski definition) is 5. The number of nitrogens with zero attached hydrogens (tertiary/aromatic N) is 1. The summed E-state index contributed by atoms with van der Waals surface area (Å²) in [6.45, 7) is 1.39. The quantitative estimate of drug-likeness (QED) is 0.285. The van der Waals surface area contributed by atoms with E-state index in [-0.39, 0.29) is 19.0 Å². The third kappa shape index (κ3) is 4.97. The summed E-state index contributed by atoms with van der Waals surface area (Å²) >= 11 is 0. The highest BCUT2D eigenvalue weighted by atomic mass is 19.4. The monoisotopic (exact) mass is 476 g/mol. The number of nitrogens with one attached hydrogen (secondary N) is 2. The highest BCUT2D eigenvalue weighted by Gasteiger charge is 2.38. The van der Waals surface area contributed by atoms with Crippen LogP contribution in [0.2, 0.25) is 0 Å². The second kappa shape index (κ2) is 9.55. The molecule has 0 spiro atoms. The normalized spacial score (nSPS) is 19.2. The van der Waals surface area contributed by atoms with Crippen LogP contribution in [0.4, 0.5) is 13.2 Å². The number of hydrogen-bond donors (Lipinski definition) is 3. The van der Waals surface area contributed by atoms with Gasteiger partial charge in [0, 0.05) is 36.2 Å². The van der Waals surface area contributed by atoms with E-state index in [0.717, 1.165) is 22.0 Å². The first-order valence-corrected chi connectivity index (χ1v) is 10.9. The second-order valence-corrected chi connectivity index (χ2v) is 8.49. The van der Waals surface area contributed by atoms with E-state index >= 15 is 0 Å². The van der Waals surface area contributed by atoms with Crippen molar-refractivity contribution in [1.82, 2.24) is 15.3 Å². The first-order chi connectivity index (χ1) is 16.2. The van der Waals surface area contributed by atoms with Crippen molar-refractivity contribution in [3.63, 3.8) is 0 Å². The minimum atomic E-state index is -4.29. The predicted molar refractivity (Wildman–Crippen MR) is 122 cm³/mol. The first-order valence-electron chi connectivity index (χ1n) is 10.9. The Labute approximate surface area is 195 Å². The largest absolute Gasteiger partial charge is 0.493 e. The molecule has 10 heteroatoms. The Morgan fingerprint density at radius 1 is 1.26 bits per heavy atom. The van der Waals surface area contributed by atoms with Crippen molar-refractivity contribution in [3.05, 3.63) is 59.3 Å². The van der Waals surface area contributed by atoms with Crippen molar-refractivity contribution in [3.8, 4) is 11.5 Å². The predicted octanol–water partition coefficient (Wildman–Crippen LogP) is 3.89. The number of nitrogens with two attached hydrogens (primary N) is 1. The van der Waals surface area contributed by atoms with E-state index in [1.165, 1.54) is 4.90 Å². The van der Waals surface area contributed by atoms with E-state index < -0.39 is 24.7 Å². The van der Waals surface area contributed by atoms with Crippen LogP contribution in [0.5, 0.6) is 11.5 Å². The van der Waals surface area contributed by atoms with E-state index in [2.05, 4.69) is 10.4 Å². The van der Waals surface area contributed by atoms with Crippen molar-refractivity contribution in [2.24, 2.45) is 5.84 Å². The summed E-state index contributed by atoms with van der Waals surface area (Å²) in [5.41, 5.74) is 5.12. The van der Waals surface area contributed by atoms with Crippen LogP contribution < -0.4 is 20.7 Å². The molecule has 0 unspecified atom stereocenters. The number of hydrazine groups is 1. The lowest BCUT2D eigenvalue weighted by Crippen LogP contribution is -2.47. The minimum Gasteiger partial charge on any atom is -0.493 e. The number of amides is 1. The van der Waals surface area contributed by atoms with Crippen molar-refractivity contribution < 1.29 is 27.4 Å². The fourth-order valence-corrected chi connectivity index (χ4v) is 4.60. The number of fused-ring (bicyclic) bond motifs is 1. The fourth-order valence-electron chi connectivity index (χ4n) is 4.60. The lowest BCUT2D eigenvalue weighted by molar-refractivity contribution is -0.150. The van der Waals surface area contributed by atoms with Gasteiger partial charge in [0.25, 0.3) is 5.91 Å². The van der Waals surface area contributed by atoms with Crippen LogP contribution in [0.1, 0.15) is 33.8 Å². The molecule has 1 aliphatic heterocycles. The molecule has 1 amide bonds. The molecule has 1 aliphatic rings. The van der Waals surface area contributed by atoms with Gasteiger partial charge in [-0.3, -0.25) is 15.1 Å². The van der Waals surface area contributed by atoms with Crippen LogP contribution in [0.25, 0.3) is 10.9 Å². The maximum absolute atomic E-state index is 13.1. The standard InChI is InChI=1S/C24H27F3N4O3/c1-14-11-20(33-2)22(17-7-9-29-21(14)17)34-19-8-10-31(13-24(25,26)27)12-18(19)15-3-5-16(6-4-15)23(32)30-28/h3-7,9,11,18-19,29H,8,10,12-13,28H2,1-2H3,(H,30,32)/t18-,19+/m0/s1. The van der Waals surface area contributed by atoms with Gasteiger partial charge in [-0.25, -0.2) is 5.84 Å². The third-order valence-electron chi connectivity index (χ3n) is 6.22. The van der Waals surface area contributed by atoms with Crippen LogP contribution in [0.15, 0.2) is 42.6 Å². The van der Waals surface area contributed by atoms with Crippen molar-refractivity contribution in [2.75, 3.05) is 26.7 Å². The zero-order chi connectivity index (χ0) is 24.5. The molecule has 3 aromatic rings. The number of alkyl halides is 3. The summed E-state index contributed by atoms with van der Waals surface area (Å²) in [6, 6.07) is 10.5. The van der Waals surface area contributed by atoms with E-state index in [0.29, 0.717) is 23.5 Å². The molecule has 4 N–H and O–H groups in total. The Morgan fingerprint density at radius 2 is 2.00 bits per heavy atom. The van der Waals surface area contributed by atoms with E-state index in [9.17, 15) is 18.0 Å². The van der Waals surface area contributed by atoms with Gasteiger partial charge in [0.15, 0.2) is 11.5 Å². The number of benzene rings is 2.